The van der Waals surface area contributed by atoms with Crippen molar-refractivity contribution in [2.45, 2.75) is 63.7 Å². The fraction of sp³-hybridized carbons (Fsp3) is 0.650. The van der Waals surface area contributed by atoms with Crippen molar-refractivity contribution < 1.29 is 44.9 Å². The number of carbonyl (C=O) groups excluding carboxylic acids is 1. The molecule has 6 N–H and O–H groups in total. The zero-order valence-corrected chi connectivity index (χ0v) is 16.4. The predicted molar refractivity (Wildman–Crippen MR) is 99.0 cm³/mol. The molecule has 1 aromatic rings. The zero-order valence-electron chi connectivity index (χ0n) is 16.4. The number of Topliss-reactive ketones (excluding diaryl/α,β-unsaturated/α-hetero) is 1. The number of carbonyl (C=O) groups is 1. The number of ether oxygens (including phenoxy) is 2. The maximum absolute atomic E-state index is 12.5. The van der Waals surface area contributed by atoms with Crippen LogP contribution in [-0.4, -0.2) is 80.3 Å². The Bertz CT molecular complexity index is 763. The number of aryl methyl sites for hydroxylation is 1. The maximum atomic E-state index is 12.5. The summed E-state index contributed by atoms with van der Waals surface area (Å²) in [5.74, 6) is -0.789. The highest BCUT2D eigenvalue weighted by molar-refractivity contribution is 6.04. The molecule has 1 fully saturated rings. The summed E-state index contributed by atoms with van der Waals surface area (Å²) in [6.07, 6.45) is -7.42. The molecule has 0 saturated carbocycles. The molecule has 1 aromatic carbocycles. The van der Waals surface area contributed by atoms with Crippen molar-refractivity contribution in [3.63, 3.8) is 0 Å². The molecule has 0 radical (unpaired) electrons. The Balaban J connectivity index is 1.76. The minimum Gasteiger partial charge on any atom is -0.394 e. The molecule has 3 rings (SSSR count). The van der Waals surface area contributed by atoms with Crippen molar-refractivity contribution in [2.75, 3.05) is 13.2 Å². The Hall–Kier alpha value is -1.43. The lowest BCUT2D eigenvalue weighted by molar-refractivity contribution is -0.300. The van der Waals surface area contributed by atoms with Crippen LogP contribution >= 0.6 is 0 Å². The minimum absolute atomic E-state index is 0.0294. The lowest BCUT2D eigenvalue weighted by Gasteiger charge is -2.39. The molecule has 1 saturated heterocycles. The van der Waals surface area contributed by atoms with Gasteiger partial charge >= 0.3 is 0 Å². The van der Waals surface area contributed by atoms with Crippen LogP contribution in [0, 0.1) is 12.8 Å². The van der Waals surface area contributed by atoms with Crippen LogP contribution in [-0.2, 0) is 22.5 Å². The molecule has 0 aromatic heterocycles. The van der Waals surface area contributed by atoms with Gasteiger partial charge in [0.05, 0.1) is 25.9 Å². The van der Waals surface area contributed by atoms with E-state index in [1.807, 2.05) is 6.92 Å². The fourth-order valence-corrected chi connectivity index (χ4v) is 4.13. The lowest BCUT2D eigenvalue weighted by atomic mass is 9.91. The first-order chi connectivity index (χ1) is 13.7. The summed E-state index contributed by atoms with van der Waals surface area (Å²) < 4.78 is 10.8. The van der Waals surface area contributed by atoms with Gasteiger partial charge < -0.3 is 40.1 Å². The standard InChI is InChI=1S/C20H28O9/c1-8-5-11-14(16(24)9(2)15(11)23)12(6-21)10(8)3-4-28-20-19(27)18(26)17(25)13(7-22)29-20/h5,9,13,15,17-23,25-27H,3-4,6-7H2,1-2H3/t9-,13-,15+,17-,18+,19+,20-/m1/s1. The van der Waals surface area contributed by atoms with Crippen LogP contribution < -0.4 is 0 Å². The Kier molecular flexibility index (Phi) is 6.71. The molecular formula is C20H28O9. The molecule has 29 heavy (non-hydrogen) atoms. The zero-order chi connectivity index (χ0) is 21.5. The molecule has 0 amide bonds. The number of aliphatic hydroxyl groups is 6. The van der Waals surface area contributed by atoms with Crippen molar-refractivity contribution in [3.8, 4) is 0 Å². The number of rotatable bonds is 6. The van der Waals surface area contributed by atoms with Gasteiger partial charge in [0.15, 0.2) is 12.1 Å². The summed E-state index contributed by atoms with van der Waals surface area (Å²) in [5, 5.41) is 59.1. The molecule has 0 spiro atoms. The second-order valence-electron chi connectivity index (χ2n) is 7.69. The van der Waals surface area contributed by atoms with Gasteiger partial charge in [-0.05, 0) is 35.6 Å². The highest BCUT2D eigenvalue weighted by Gasteiger charge is 2.44. The smallest absolute Gasteiger partial charge is 0.186 e. The van der Waals surface area contributed by atoms with E-state index >= 15 is 0 Å². The summed E-state index contributed by atoms with van der Waals surface area (Å²) in [6.45, 7) is 2.56. The van der Waals surface area contributed by atoms with Gasteiger partial charge in [0, 0.05) is 11.5 Å². The summed E-state index contributed by atoms with van der Waals surface area (Å²) in [7, 11) is 0. The minimum atomic E-state index is -1.53. The number of hydrogen-bond acceptors (Lipinski definition) is 9. The van der Waals surface area contributed by atoms with E-state index in [0.717, 1.165) is 5.56 Å². The summed E-state index contributed by atoms with van der Waals surface area (Å²) in [5.41, 5.74) is 2.80. The van der Waals surface area contributed by atoms with Gasteiger partial charge in [-0.2, -0.15) is 0 Å². The third-order valence-corrected chi connectivity index (χ3v) is 5.90. The number of hydrogen-bond donors (Lipinski definition) is 6. The molecule has 9 heteroatoms. The first kappa shape index (κ1) is 22.3. The van der Waals surface area contributed by atoms with Crippen molar-refractivity contribution >= 4 is 5.78 Å². The van der Waals surface area contributed by atoms with Crippen molar-refractivity contribution in [3.05, 3.63) is 33.9 Å². The van der Waals surface area contributed by atoms with E-state index in [1.165, 1.54) is 0 Å². The first-order valence-corrected chi connectivity index (χ1v) is 9.63. The molecule has 1 aliphatic carbocycles. The van der Waals surface area contributed by atoms with Crippen LogP contribution in [0.2, 0.25) is 0 Å². The average Bonchev–Trinajstić information content (AvgIpc) is 2.92. The van der Waals surface area contributed by atoms with Crippen LogP contribution in [0.15, 0.2) is 6.07 Å². The normalized spacial score (nSPS) is 34.5. The molecular weight excluding hydrogens is 384 g/mol. The Morgan fingerprint density at radius 1 is 1.07 bits per heavy atom. The summed E-state index contributed by atoms with van der Waals surface area (Å²) >= 11 is 0. The van der Waals surface area contributed by atoms with Gasteiger partial charge in [-0.1, -0.05) is 13.0 Å². The molecule has 0 bridgehead atoms. The van der Waals surface area contributed by atoms with Crippen LogP contribution in [0.4, 0.5) is 0 Å². The Morgan fingerprint density at radius 3 is 2.38 bits per heavy atom. The largest absolute Gasteiger partial charge is 0.394 e. The SMILES string of the molecule is Cc1cc2c(c(CO)c1CCO[C@@H]1O[C@H](CO)[C@@H](O)[C@H](O)[C@@H]1O)C(=O)[C@H](C)[C@@H]2O. The van der Waals surface area contributed by atoms with E-state index in [4.69, 9.17) is 9.47 Å². The average molecular weight is 412 g/mol. The van der Waals surface area contributed by atoms with Gasteiger partial charge in [0.2, 0.25) is 0 Å². The van der Waals surface area contributed by atoms with E-state index in [9.17, 15) is 35.4 Å². The van der Waals surface area contributed by atoms with Crippen molar-refractivity contribution in [2.24, 2.45) is 5.92 Å². The highest BCUT2D eigenvalue weighted by Crippen LogP contribution is 2.40. The van der Waals surface area contributed by atoms with E-state index < -0.39 is 49.3 Å². The van der Waals surface area contributed by atoms with Gasteiger partial charge in [-0.3, -0.25) is 4.79 Å². The van der Waals surface area contributed by atoms with Gasteiger partial charge in [-0.25, -0.2) is 0 Å². The van der Waals surface area contributed by atoms with Crippen molar-refractivity contribution in [1.82, 2.24) is 0 Å². The Labute approximate surface area is 168 Å². The second kappa shape index (κ2) is 8.75. The number of benzene rings is 1. The van der Waals surface area contributed by atoms with Crippen LogP contribution in [0.3, 0.4) is 0 Å². The number of fused-ring (bicyclic) bond motifs is 1. The third kappa shape index (κ3) is 3.85. The summed E-state index contributed by atoms with van der Waals surface area (Å²) in [4.78, 5) is 12.5. The first-order valence-electron chi connectivity index (χ1n) is 9.63. The molecule has 0 unspecified atom stereocenters. The van der Waals surface area contributed by atoms with E-state index in [2.05, 4.69) is 0 Å². The van der Waals surface area contributed by atoms with Gasteiger partial charge in [0.1, 0.15) is 24.4 Å². The summed E-state index contributed by atoms with van der Waals surface area (Å²) in [6, 6.07) is 1.74. The predicted octanol–water partition coefficient (Wildman–Crippen LogP) is -1.29. The molecule has 162 valence electrons. The van der Waals surface area contributed by atoms with Crippen molar-refractivity contribution in [1.29, 1.82) is 0 Å². The topological polar surface area (TPSA) is 157 Å². The van der Waals surface area contributed by atoms with Gasteiger partial charge in [0.25, 0.3) is 0 Å². The molecule has 2 aliphatic rings. The molecule has 7 atom stereocenters. The number of ketones is 1. The lowest BCUT2D eigenvalue weighted by Crippen LogP contribution is -2.59. The third-order valence-electron chi connectivity index (χ3n) is 5.90. The second-order valence-corrected chi connectivity index (χ2v) is 7.69. The van der Waals surface area contributed by atoms with E-state index in [1.54, 1.807) is 13.0 Å². The van der Waals surface area contributed by atoms with Crippen LogP contribution in [0.5, 0.6) is 0 Å². The molecule has 1 heterocycles. The molecule has 9 nitrogen and oxygen atoms in total. The Morgan fingerprint density at radius 2 is 1.76 bits per heavy atom. The molecule has 1 aliphatic heterocycles. The number of aliphatic hydroxyl groups excluding tert-OH is 6. The maximum Gasteiger partial charge on any atom is 0.186 e. The highest BCUT2D eigenvalue weighted by atomic mass is 16.7. The van der Waals surface area contributed by atoms with Crippen LogP contribution in [0.25, 0.3) is 0 Å². The van der Waals surface area contributed by atoms with Gasteiger partial charge in [-0.15, -0.1) is 0 Å². The quantitative estimate of drug-likeness (QED) is 0.335. The van der Waals surface area contributed by atoms with E-state index in [-0.39, 0.29) is 25.4 Å². The van der Waals surface area contributed by atoms with E-state index in [0.29, 0.717) is 22.3 Å². The fourth-order valence-electron chi connectivity index (χ4n) is 4.13. The van der Waals surface area contributed by atoms with Crippen LogP contribution in [0.1, 0.15) is 45.6 Å². The monoisotopic (exact) mass is 412 g/mol.